The van der Waals surface area contributed by atoms with Crippen molar-refractivity contribution in [3.63, 3.8) is 0 Å². The minimum absolute atomic E-state index is 0.508. The van der Waals surface area contributed by atoms with Gasteiger partial charge in [0.2, 0.25) is 0 Å². The SMILES string of the molecule is CCN(CC)CC(C)(O)CC. The van der Waals surface area contributed by atoms with E-state index in [4.69, 9.17) is 0 Å². The van der Waals surface area contributed by atoms with Crippen molar-refractivity contribution >= 4 is 0 Å². The van der Waals surface area contributed by atoms with Crippen molar-refractivity contribution in [1.82, 2.24) is 4.90 Å². The monoisotopic (exact) mass is 159 g/mol. The molecule has 0 aromatic carbocycles. The van der Waals surface area contributed by atoms with Gasteiger partial charge >= 0.3 is 0 Å². The number of hydrogen-bond donors (Lipinski definition) is 1. The van der Waals surface area contributed by atoms with Crippen LogP contribution in [0.5, 0.6) is 0 Å². The first-order valence-corrected chi connectivity index (χ1v) is 4.50. The summed E-state index contributed by atoms with van der Waals surface area (Å²) in [4.78, 5) is 2.24. The number of likely N-dealkylation sites (N-methyl/N-ethyl adjacent to an activating group) is 1. The maximum Gasteiger partial charge on any atom is 0.0743 e. The van der Waals surface area contributed by atoms with Gasteiger partial charge in [0.25, 0.3) is 0 Å². The topological polar surface area (TPSA) is 23.5 Å². The number of rotatable bonds is 5. The predicted octanol–water partition coefficient (Wildman–Crippen LogP) is 1.49. The van der Waals surface area contributed by atoms with Crippen molar-refractivity contribution in [3.05, 3.63) is 0 Å². The minimum atomic E-state index is -0.508. The van der Waals surface area contributed by atoms with E-state index >= 15 is 0 Å². The standard InChI is InChI=1S/C9H21NO/c1-5-9(4,11)8-10(6-2)7-3/h11H,5-8H2,1-4H3. The molecule has 0 saturated carbocycles. The van der Waals surface area contributed by atoms with Crippen LogP contribution in [0.15, 0.2) is 0 Å². The van der Waals surface area contributed by atoms with E-state index in [1.165, 1.54) is 0 Å². The first kappa shape index (κ1) is 10.9. The third-order valence-electron chi connectivity index (χ3n) is 2.22. The van der Waals surface area contributed by atoms with Crippen LogP contribution >= 0.6 is 0 Å². The molecular weight excluding hydrogens is 138 g/mol. The first-order valence-electron chi connectivity index (χ1n) is 4.50. The van der Waals surface area contributed by atoms with Crippen molar-refractivity contribution in [2.24, 2.45) is 0 Å². The minimum Gasteiger partial charge on any atom is -0.389 e. The first-order chi connectivity index (χ1) is 5.05. The van der Waals surface area contributed by atoms with Crippen LogP contribution in [-0.4, -0.2) is 35.2 Å². The number of nitrogens with zero attached hydrogens (tertiary/aromatic N) is 1. The van der Waals surface area contributed by atoms with E-state index in [2.05, 4.69) is 18.7 Å². The molecule has 68 valence electrons. The molecule has 1 unspecified atom stereocenters. The Labute approximate surface area is 70.2 Å². The zero-order valence-corrected chi connectivity index (χ0v) is 8.22. The van der Waals surface area contributed by atoms with Crippen LogP contribution in [-0.2, 0) is 0 Å². The highest BCUT2D eigenvalue weighted by molar-refractivity contribution is 4.74. The molecule has 0 bridgehead atoms. The molecule has 11 heavy (non-hydrogen) atoms. The van der Waals surface area contributed by atoms with Crippen LogP contribution in [0.2, 0.25) is 0 Å². The summed E-state index contributed by atoms with van der Waals surface area (Å²) in [5, 5.41) is 9.71. The van der Waals surface area contributed by atoms with E-state index in [-0.39, 0.29) is 0 Å². The second kappa shape index (κ2) is 4.73. The quantitative estimate of drug-likeness (QED) is 0.657. The third-order valence-corrected chi connectivity index (χ3v) is 2.22. The van der Waals surface area contributed by atoms with E-state index in [0.717, 1.165) is 26.1 Å². The van der Waals surface area contributed by atoms with E-state index in [1.807, 2.05) is 13.8 Å². The Morgan fingerprint density at radius 1 is 1.18 bits per heavy atom. The average molecular weight is 159 g/mol. The summed E-state index contributed by atoms with van der Waals surface area (Å²) < 4.78 is 0. The lowest BCUT2D eigenvalue weighted by atomic mass is 10.0. The summed E-state index contributed by atoms with van der Waals surface area (Å²) in [5.41, 5.74) is -0.508. The Kier molecular flexibility index (Phi) is 4.69. The molecule has 0 amide bonds. The van der Waals surface area contributed by atoms with Gasteiger partial charge in [0.15, 0.2) is 0 Å². The summed E-state index contributed by atoms with van der Waals surface area (Å²) in [6.07, 6.45) is 0.823. The van der Waals surface area contributed by atoms with Crippen molar-refractivity contribution in [2.45, 2.75) is 39.7 Å². The van der Waals surface area contributed by atoms with Crippen LogP contribution in [0.3, 0.4) is 0 Å². The smallest absolute Gasteiger partial charge is 0.0743 e. The molecule has 0 aromatic heterocycles. The Bertz CT molecular complexity index is 97.7. The zero-order valence-electron chi connectivity index (χ0n) is 8.22. The Balaban J connectivity index is 3.79. The zero-order chi connectivity index (χ0) is 8.91. The summed E-state index contributed by atoms with van der Waals surface area (Å²) in [6.45, 7) is 11.0. The molecule has 0 heterocycles. The molecule has 2 nitrogen and oxygen atoms in total. The molecular formula is C9H21NO. The summed E-state index contributed by atoms with van der Waals surface area (Å²) in [5.74, 6) is 0. The van der Waals surface area contributed by atoms with Gasteiger partial charge in [-0.1, -0.05) is 20.8 Å². The van der Waals surface area contributed by atoms with Gasteiger partial charge in [-0.2, -0.15) is 0 Å². The molecule has 0 aromatic rings. The molecule has 0 rings (SSSR count). The van der Waals surface area contributed by atoms with Gasteiger partial charge in [-0.3, -0.25) is 0 Å². The maximum atomic E-state index is 9.71. The van der Waals surface area contributed by atoms with Crippen LogP contribution in [0.1, 0.15) is 34.1 Å². The molecule has 0 spiro atoms. The van der Waals surface area contributed by atoms with Crippen LogP contribution in [0.25, 0.3) is 0 Å². The van der Waals surface area contributed by atoms with Gasteiger partial charge in [0.1, 0.15) is 0 Å². The second-order valence-corrected chi connectivity index (χ2v) is 3.31. The van der Waals surface area contributed by atoms with E-state index < -0.39 is 5.60 Å². The van der Waals surface area contributed by atoms with Crippen LogP contribution in [0.4, 0.5) is 0 Å². The predicted molar refractivity (Wildman–Crippen MR) is 48.7 cm³/mol. The number of aliphatic hydroxyl groups is 1. The second-order valence-electron chi connectivity index (χ2n) is 3.31. The summed E-state index contributed by atoms with van der Waals surface area (Å²) in [7, 11) is 0. The van der Waals surface area contributed by atoms with Crippen LogP contribution < -0.4 is 0 Å². The molecule has 0 aliphatic heterocycles. The fraction of sp³-hybridized carbons (Fsp3) is 1.00. The van der Waals surface area contributed by atoms with Crippen LogP contribution in [0, 0.1) is 0 Å². The van der Waals surface area contributed by atoms with Gasteiger partial charge in [0, 0.05) is 6.54 Å². The molecule has 0 fully saturated rings. The Morgan fingerprint density at radius 3 is 1.91 bits per heavy atom. The van der Waals surface area contributed by atoms with Gasteiger partial charge in [-0.25, -0.2) is 0 Å². The Morgan fingerprint density at radius 2 is 1.64 bits per heavy atom. The van der Waals surface area contributed by atoms with Crippen molar-refractivity contribution in [3.8, 4) is 0 Å². The van der Waals surface area contributed by atoms with Crippen molar-refractivity contribution in [2.75, 3.05) is 19.6 Å². The lowest BCUT2D eigenvalue weighted by Gasteiger charge is -2.28. The highest BCUT2D eigenvalue weighted by atomic mass is 16.3. The van der Waals surface area contributed by atoms with Gasteiger partial charge in [0.05, 0.1) is 5.60 Å². The number of hydrogen-bond acceptors (Lipinski definition) is 2. The van der Waals surface area contributed by atoms with E-state index in [0.29, 0.717) is 0 Å². The Hall–Kier alpha value is -0.0800. The van der Waals surface area contributed by atoms with Crippen molar-refractivity contribution < 1.29 is 5.11 Å². The molecule has 2 heteroatoms. The largest absolute Gasteiger partial charge is 0.389 e. The molecule has 0 aliphatic rings. The fourth-order valence-corrected chi connectivity index (χ4v) is 1.04. The van der Waals surface area contributed by atoms with E-state index in [1.54, 1.807) is 0 Å². The van der Waals surface area contributed by atoms with Gasteiger partial charge in [-0.05, 0) is 26.4 Å². The summed E-state index contributed by atoms with van der Waals surface area (Å²) in [6, 6.07) is 0. The fourth-order valence-electron chi connectivity index (χ4n) is 1.04. The lowest BCUT2D eigenvalue weighted by Crippen LogP contribution is -2.40. The van der Waals surface area contributed by atoms with E-state index in [9.17, 15) is 5.11 Å². The molecule has 1 N–H and O–H groups in total. The molecule has 0 radical (unpaired) electrons. The molecule has 1 atom stereocenters. The van der Waals surface area contributed by atoms with Gasteiger partial charge in [-0.15, -0.1) is 0 Å². The molecule has 0 aliphatic carbocycles. The highest BCUT2D eigenvalue weighted by Crippen LogP contribution is 2.09. The van der Waals surface area contributed by atoms with Gasteiger partial charge < -0.3 is 10.0 Å². The maximum absolute atomic E-state index is 9.71. The lowest BCUT2D eigenvalue weighted by molar-refractivity contribution is 0.0193. The highest BCUT2D eigenvalue weighted by Gasteiger charge is 2.19. The van der Waals surface area contributed by atoms with Crippen molar-refractivity contribution in [1.29, 1.82) is 0 Å². The third kappa shape index (κ3) is 4.38. The normalized spacial score (nSPS) is 16.9. The summed E-state index contributed by atoms with van der Waals surface area (Å²) >= 11 is 0. The molecule has 0 saturated heterocycles. The average Bonchev–Trinajstić information content (AvgIpc) is 2.00.